The number of rotatable bonds is 5. The summed E-state index contributed by atoms with van der Waals surface area (Å²) >= 11 is 0. The van der Waals surface area contributed by atoms with E-state index in [1.54, 1.807) is 0 Å². The molecule has 0 bridgehead atoms. The smallest absolute Gasteiger partial charge is 0.320 e. The van der Waals surface area contributed by atoms with Gasteiger partial charge in [-0.2, -0.15) is 5.10 Å². The van der Waals surface area contributed by atoms with Gasteiger partial charge in [0.25, 0.3) is 0 Å². The fourth-order valence-electron chi connectivity index (χ4n) is 4.88. The Bertz CT molecular complexity index is 732. The Balaban J connectivity index is 1.44. The van der Waals surface area contributed by atoms with Crippen LogP contribution in [-0.2, 0) is 22.7 Å². The van der Waals surface area contributed by atoms with Crippen molar-refractivity contribution in [3.63, 3.8) is 0 Å². The molecule has 3 aliphatic rings. The van der Waals surface area contributed by atoms with Crippen molar-refractivity contribution in [2.24, 2.45) is 11.3 Å². The van der Waals surface area contributed by atoms with Gasteiger partial charge in [0.15, 0.2) is 0 Å². The van der Waals surface area contributed by atoms with E-state index in [1.165, 1.54) is 0 Å². The molecule has 3 heterocycles. The molecular formula is C20H30N4O3. The number of amides is 1. The van der Waals surface area contributed by atoms with Crippen molar-refractivity contribution in [3.05, 3.63) is 17.5 Å². The van der Waals surface area contributed by atoms with Crippen LogP contribution in [0.15, 0.2) is 6.20 Å². The predicted octanol–water partition coefficient (Wildman–Crippen LogP) is 1.89. The third-order valence-corrected chi connectivity index (χ3v) is 6.83. The first-order valence-electron chi connectivity index (χ1n) is 10.2. The molecule has 2 saturated heterocycles. The van der Waals surface area contributed by atoms with Gasteiger partial charge in [0.1, 0.15) is 6.04 Å². The molecular weight excluding hydrogens is 344 g/mol. The molecule has 0 unspecified atom stereocenters. The number of carboxylic acids is 1. The Morgan fingerprint density at radius 2 is 2.00 bits per heavy atom. The quantitative estimate of drug-likeness (QED) is 0.851. The minimum absolute atomic E-state index is 0.0258. The Morgan fingerprint density at radius 1 is 1.30 bits per heavy atom. The number of nitrogens with zero attached hydrogens (tertiary/aromatic N) is 4. The highest BCUT2D eigenvalue weighted by molar-refractivity contribution is 5.81. The van der Waals surface area contributed by atoms with Crippen LogP contribution in [0.5, 0.6) is 0 Å². The highest BCUT2D eigenvalue weighted by Crippen LogP contribution is 2.45. The summed E-state index contributed by atoms with van der Waals surface area (Å²) in [5.41, 5.74) is 2.26. The van der Waals surface area contributed by atoms with E-state index in [1.807, 2.05) is 15.8 Å². The van der Waals surface area contributed by atoms with E-state index in [2.05, 4.69) is 23.8 Å². The highest BCUT2D eigenvalue weighted by Gasteiger charge is 2.49. The van der Waals surface area contributed by atoms with Crippen LogP contribution in [0, 0.1) is 18.3 Å². The summed E-state index contributed by atoms with van der Waals surface area (Å²) < 4.78 is 1.96. The van der Waals surface area contributed by atoms with E-state index in [0.717, 1.165) is 63.1 Å². The average Bonchev–Trinajstić information content (AvgIpc) is 3.37. The molecule has 1 aliphatic carbocycles. The first-order valence-corrected chi connectivity index (χ1v) is 10.2. The molecule has 1 N–H and O–H groups in total. The fraction of sp³-hybridized carbons (Fsp3) is 0.750. The number of likely N-dealkylation sites (tertiary alicyclic amines) is 2. The Morgan fingerprint density at radius 3 is 2.56 bits per heavy atom. The number of hydrogen-bond donors (Lipinski definition) is 1. The number of aromatic nitrogens is 2. The Labute approximate surface area is 160 Å². The lowest BCUT2D eigenvalue weighted by molar-refractivity contribution is -0.142. The Hall–Kier alpha value is -1.89. The van der Waals surface area contributed by atoms with E-state index < -0.39 is 12.0 Å². The molecule has 148 valence electrons. The van der Waals surface area contributed by atoms with Crippen molar-refractivity contribution in [1.82, 2.24) is 19.6 Å². The number of aliphatic carboxylic acids is 1. The van der Waals surface area contributed by atoms with Gasteiger partial charge in [-0.25, -0.2) is 0 Å². The lowest BCUT2D eigenvalue weighted by Gasteiger charge is -2.39. The second-order valence-corrected chi connectivity index (χ2v) is 8.63. The number of carbonyl (C=O) groups excluding carboxylic acids is 1. The van der Waals surface area contributed by atoms with Crippen molar-refractivity contribution >= 4 is 11.9 Å². The zero-order valence-electron chi connectivity index (χ0n) is 16.4. The topological polar surface area (TPSA) is 78.7 Å². The van der Waals surface area contributed by atoms with E-state index in [4.69, 9.17) is 0 Å². The molecule has 4 rings (SSSR count). The zero-order chi connectivity index (χ0) is 19.2. The monoisotopic (exact) mass is 374 g/mol. The number of carboxylic acid groups (broad SMARTS) is 1. The molecule has 27 heavy (non-hydrogen) atoms. The van der Waals surface area contributed by atoms with Crippen LogP contribution in [-0.4, -0.2) is 62.2 Å². The second kappa shape index (κ2) is 6.93. The summed E-state index contributed by atoms with van der Waals surface area (Å²) in [5, 5.41) is 14.2. The summed E-state index contributed by atoms with van der Waals surface area (Å²) in [7, 11) is 0. The van der Waals surface area contributed by atoms with Crippen LogP contribution in [0.4, 0.5) is 0 Å². The number of hydrogen-bond acceptors (Lipinski definition) is 4. The highest BCUT2D eigenvalue weighted by atomic mass is 16.4. The second-order valence-electron chi connectivity index (χ2n) is 8.63. The van der Waals surface area contributed by atoms with Crippen molar-refractivity contribution in [1.29, 1.82) is 0 Å². The van der Waals surface area contributed by atoms with Crippen molar-refractivity contribution in [2.45, 2.75) is 65.1 Å². The predicted molar refractivity (Wildman–Crippen MR) is 100 cm³/mol. The minimum Gasteiger partial charge on any atom is -0.480 e. The number of aryl methyl sites for hydroxylation is 1. The zero-order valence-corrected chi connectivity index (χ0v) is 16.4. The minimum atomic E-state index is -0.733. The van der Waals surface area contributed by atoms with Gasteiger partial charge >= 0.3 is 5.97 Å². The maximum absolute atomic E-state index is 12.3. The lowest BCUT2D eigenvalue weighted by Crippen LogP contribution is -2.44. The summed E-state index contributed by atoms with van der Waals surface area (Å²) in [6.07, 6.45) is 6.48. The SMILES string of the molecule is CCn1ncc(CN2CC3(CCN(C(=O)C4CC4)CC3)C[C@@H]2C(=O)O)c1C. The van der Waals surface area contributed by atoms with E-state index in [0.29, 0.717) is 18.9 Å². The number of piperidine rings is 1. The van der Waals surface area contributed by atoms with Gasteiger partial charge in [-0.3, -0.25) is 19.2 Å². The Kier molecular flexibility index (Phi) is 4.74. The molecule has 0 aromatic carbocycles. The molecule has 1 spiro atoms. The lowest BCUT2D eigenvalue weighted by atomic mass is 9.76. The molecule has 0 radical (unpaired) electrons. The maximum atomic E-state index is 12.3. The van der Waals surface area contributed by atoms with Crippen LogP contribution >= 0.6 is 0 Å². The van der Waals surface area contributed by atoms with Gasteiger partial charge in [0, 0.05) is 49.9 Å². The van der Waals surface area contributed by atoms with Gasteiger partial charge in [-0.1, -0.05) is 0 Å². The molecule has 7 nitrogen and oxygen atoms in total. The number of carbonyl (C=O) groups is 2. The van der Waals surface area contributed by atoms with Gasteiger partial charge in [0.2, 0.25) is 5.91 Å². The van der Waals surface area contributed by atoms with Gasteiger partial charge < -0.3 is 10.0 Å². The van der Waals surface area contributed by atoms with E-state index in [9.17, 15) is 14.7 Å². The normalized spacial score (nSPS) is 25.3. The standard InChI is InChI=1S/C20H30N4O3/c1-3-24-14(2)16(11-21-24)12-23-13-20(10-17(23)19(26)27)6-8-22(9-7-20)18(25)15-4-5-15/h11,15,17H,3-10,12-13H2,1-2H3,(H,26,27)/t17-/m1/s1. The van der Waals surface area contributed by atoms with Crippen LogP contribution in [0.3, 0.4) is 0 Å². The van der Waals surface area contributed by atoms with Gasteiger partial charge in [-0.05, 0) is 51.4 Å². The van der Waals surface area contributed by atoms with Crippen molar-refractivity contribution < 1.29 is 14.7 Å². The largest absolute Gasteiger partial charge is 0.480 e. The summed E-state index contributed by atoms with van der Waals surface area (Å²) in [6, 6.07) is -0.444. The molecule has 3 fully saturated rings. The molecule has 1 atom stereocenters. The average molecular weight is 374 g/mol. The summed E-state index contributed by atoms with van der Waals surface area (Å²) in [4.78, 5) is 28.4. The third kappa shape index (κ3) is 3.49. The molecule has 1 aromatic rings. The first-order chi connectivity index (χ1) is 12.9. The van der Waals surface area contributed by atoms with Crippen molar-refractivity contribution in [2.75, 3.05) is 19.6 Å². The van der Waals surface area contributed by atoms with Crippen LogP contribution in [0.2, 0.25) is 0 Å². The molecule has 1 aromatic heterocycles. The first kappa shape index (κ1) is 18.5. The van der Waals surface area contributed by atoms with E-state index in [-0.39, 0.29) is 11.3 Å². The van der Waals surface area contributed by atoms with Crippen LogP contribution < -0.4 is 0 Å². The molecule has 7 heteroatoms. The van der Waals surface area contributed by atoms with Crippen LogP contribution in [0.1, 0.15) is 50.3 Å². The van der Waals surface area contributed by atoms with E-state index >= 15 is 0 Å². The third-order valence-electron chi connectivity index (χ3n) is 6.83. The molecule has 2 aliphatic heterocycles. The van der Waals surface area contributed by atoms with Crippen molar-refractivity contribution in [3.8, 4) is 0 Å². The summed E-state index contributed by atoms with van der Waals surface area (Å²) in [5.74, 6) is -0.148. The molecule has 1 amide bonds. The fourth-order valence-corrected chi connectivity index (χ4v) is 4.88. The molecule has 1 saturated carbocycles. The van der Waals surface area contributed by atoms with Gasteiger partial charge in [-0.15, -0.1) is 0 Å². The maximum Gasteiger partial charge on any atom is 0.320 e. The van der Waals surface area contributed by atoms with Gasteiger partial charge in [0.05, 0.1) is 6.20 Å². The summed E-state index contributed by atoms with van der Waals surface area (Å²) in [6.45, 7) is 7.93. The van der Waals surface area contributed by atoms with Crippen LogP contribution in [0.25, 0.3) is 0 Å².